The molecule has 1 aromatic heterocycles. The van der Waals surface area contributed by atoms with Gasteiger partial charge < -0.3 is 4.74 Å². The zero-order valence-electron chi connectivity index (χ0n) is 10.4. The molecule has 0 bridgehead atoms. The van der Waals surface area contributed by atoms with Crippen molar-refractivity contribution in [3.8, 4) is 11.1 Å². The highest BCUT2D eigenvalue weighted by Crippen LogP contribution is 2.27. The number of fused-ring (bicyclic) bond motifs is 1. The number of esters is 1. The Morgan fingerprint density at radius 3 is 2.68 bits per heavy atom. The van der Waals surface area contributed by atoms with Crippen molar-refractivity contribution in [2.75, 3.05) is 7.11 Å². The lowest BCUT2D eigenvalue weighted by atomic mass is 10.0. The number of nitrogens with zero attached hydrogens (tertiary/aromatic N) is 1. The predicted octanol–water partition coefficient (Wildman–Crippen LogP) is 3.02. The molecule has 0 aliphatic rings. The molecule has 0 aliphatic heterocycles. The topological polar surface area (TPSA) is 55.0 Å². The van der Waals surface area contributed by atoms with E-state index in [0.29, 0.717) is 5.56 Å². The molecule has 1 heterocycles. The number of benzene rings is 2. The van der Waals surface area contributed by atoms with Gasteiger partial charge >= 0.3 is 5.97 Å². The van der Waals surface area contributed by atoms with Crippen LogP contribution in [0.5, 0.6) is 0 Å². The van der Waals surface area contributed by atoms with Gasteiger partial charge in [0.25, 0.3) is 0 Å². The van der Waals surface area contributed by atoms with Gasteiger partial charge in [-0.25, -0.2) is 4.79 Å². The van der Waals surface area contributed by atoms with E-state index >= 15 is 0 Å². The highest BCUT2D eigenvalue weighted by atomic mass is 16.5. The fraction of sp³-hybridized carbons (Fsp3) is 0.0667. The van der Waals surface area contributed by atoms with E-state index in [1.807, 2.05) is 42.5 Å². The van der Waals surface area contributed by atoms with Crippen molar-refractivity contribution >= 4 is 16.9 Å². The van der Waals surface area contributed by atoms with E-state index in [9.17, 15) is 4.79 Å². The molecule has 0 atom stereocenters. The molecule has 2 aromatic carbocycles. The molecule has 0 aliphatic carbocycles. The molecular formula is C15H12N2O2. The number of nitrogens with one attached hydrogen (secondary N) is 1. The fourth-order valence-corrected chi connectivity index (χ4v) is 2.13. The summed E-state index contributed by atoms with van der Waals surface area (Å²) in [5.41, 5.74) is 3.34. The van der Waals surface area contributed by atoms with Gasteiger partial charge in [0.2, 0.25) is 0 Å². The van der Waals surface area contributed by atoms with Crippen molar-refractivity contribution in [1.29, 1.82) is 0 Å². The van der Waals surface area contributed by atoms with Crippen LogP contribution in [0.15, 0.2) is 48.7 Å². The Balaban J connectivity index is 2.25. The van der Waals surface area contributed by atoms with E-state index in [1.165, 1.54) is 7.11 Å². The smallest absolute Gasteiger partial charge is 0.338 e. The minimum absolute atomic E-state index is 0.357. The highest BCUT2D eigenvalue weighted by Gasteiger charge is 2.14. The summed E-state index contributed by atoms with van der Waals surface area (Å²) in [6.45, 7) is 0. The van der Waals surface area contributed by atoms with Crippen molar-refractivity contribution in [2.45, 2.75) is 0 Å². The Kier molecular flexibility index (Phi) is 2.76. The van der Waals surface area contributed by atoms with E-state index in [-0.39, 0.29) is 5.97 Å². The standard InChI is InChI=1S/C15H12N2O2/c1-19-15(18)12-7-11(10-5-3-2-4-6-10)8-14-13(12)9-16-17-14/h2-9H,1H3,(H,16,17). The Labute approximate surface area is 110 Å². The third-order valence-electron chi connectivity index (χ3n) is 3.07. The number of aromatic amines is 1. The molecule has 0 unspecified atom stereocenters. The Hall–Kier alpha value is -2.62. The maximum Gasteiger partial charge on any atom is 0.338 e. The monoisotopic (exact) mass is 252 g/mol. The van der Waals surface area contributed by atoms with Crippen LogP contribution in [0.3, 0.4) is 0 Å². The number of hydrogen-bond donors (Lipinski definition) is 1. The molecule has 0 fully saturated rings. The third-order valence-corrected chi connectivity index (χ3v) is 3.07. The Bertz CT molecular complexity index is 732. The lowest BCUT2D eigenvalue weighted by Crippen LogP contribution is -2.02. The molecule has 3 aromatic rings. The highest BCUT2D eigenvalue weighted by molar-refractivity contribution is 6.05. The summed E-state index contributed by atoms with van der Waals surface area (Å²) in [7, 11) is 1.38. The molecule has 3 rings (SSSR count). The Morgan fingerprint density at radius 2 is 1.95 bits per heavy atom. The maximum atomic E-state index is 11.8. The largest absolute Gasteiger partial charge is 0.465 e. The van der Waals surface area contributed by atoms with Crippen molar-refractivity contribution in [1.82, 2.24) is 10.2 Å². The molecule has 19 heavy (non-hydrogen) atoms. The van der Waals surface area contributed by atoms with E-state index < -0.39 is 0 Å². The lowest BCUT2D eigenvalue weighted by Gasteiger charge is -2.06. The molecule has 4 nitrogen and oxygen atoms in total. The zero-order valence-corrected chi connectivity index (χ0v) is 10.4. The van der Waals surface area contributed by atoms with Crippen molar-refractivity contribution in [3.05, 3.63) is 54.2 Å². The van der Waals surface area contributed by atoms with Gasteiger partial charge in [-0.1, -0.05) is 30.3 Å². The van der Waals surface area contributed by atoms with Gasteiger partial charge in [-0.2, -0.15) is 5.10 Å². The lowest BCUT2D eigenvalue weighted by molar-refractivity contribution is 0.0603. The third kappa shape index (κ3) is 1.97. The van der Waals surface area contributed by atoms with E-state index in [1.54, 1.807) is 6.20 Å². The van der Waals surface area contributed by atoms with Crippen molar-refractivity contribution in [3.63, 3.8) is 0 Å². The summed E-state index contributed by atoms with van der Waals surface area (Å²) in [6, 6.07) is 13.7. The first-order valence-corrected chi connectivity index (χ1v) is 5.90. The molecule has 1 N–H and O–H groups in total. The molecule has 0 spiro atoms. The first kappa shape index (κ1) is 11.5. The second-order valence-corrected chi connectivity index (χ2v) is 4.21. The van der Waals surface area contributed by atoms with Crippen molar-refractivity contribution < 1.29 is 9.53 Å². The summed E-state index contributed by atoms with van der Waals surface area (Å²) in [5.74, 6) is -0.357. The van der Waals surface area contributed by atoms with Crippen LogP contribution in [0.1, 0.15) is 10.4 Å². The average Bonchev–Trinajstić information content (AvgIpc) is 2.94. The van der Waals surface area contributed by atoms with Gasteiger partial charge in [-0.05, 0) is 23.3 Å². The molecule has 0 radical (unpaired) electrons. The maximum absolute atomic E-state index is 11.8. The molecule has 4 heteroatoms. The summed E-state index contributed by atoms with van der Waals surface area (Å²) < 4.78 is 4.82. The van der Waals surface area contributed by atoms with Crippen molar-refractivity contribution in [2.24, 2.45) is 0 Å². The second kappa shape index (κ2) is 4.57. The van der Waals surface area contributed by atoms with Gasteiger partial charge in [-0.15, -0.1) is 0 Å². The number of methoxy groups -OCH3 is 1. The SMILES string of the molecule is COC(=O)c1cc(-c2ccccc2)cc2[nH]ncc12. The number of hydrogen-bond acceptors (Lipinski definition) is 3. The number of aromatic nitrogens is 2. The van der Waals surface area contributed by atoms with E-state index in [4.69, 9.17) is 4.74 Å². The first-order chi connectivity index (χ1) is 9.29. The van der Waals surface area contributed by atoms with Crippen LogP contribution in [-0.2, 0) is 4.74 Å². The van der Waals surface area contributed by atoms with E-state index in [0.717, 1.165) is 22.0 Å². The molecule has 0 saturated carbocycles. The zero-order chi connectivity index (χ0) is 13.2. The van der Waals surface area contributed by atoms with Crippen LogP contribution >= 0.6 is 0 Å². The van der Waals surface area contributed by atoms with Crippen LogP contribution in [-0.4, -0.2) is 23.3 Å². The normalized spacial score (nSPS) is 10.6. The molecule has 94 valence electrons. The number of carbonyl (C=O) groups excluding carboxylic acids is 1. The van der Waals surface area contributed by atoms with Gasteiger partial charge in [0.15, 0.2) is 0 Å². The number of ether oxygens (including phenoxy) is 1. The minimum atomic E-state index is -0.357. The first-order valence-electron chi connectivity index (χ1n) is 5.90. The molecule has 0 saturated heterocycles. The van der Waals surface area contributed by atoms with Crippen LogP contribution < -0.4 is 0 Å². The quantitative estimate of drug-likeness (QED) is 0.713. The summed E-state index contributed by atoms with van der Waals surface area (Å²) in [5, 5.41) is 7.64. The van der Waals surface area contributed by atoms with Gasteiger partial charge in [0, 0.05) is 5.39 Å². The van der Waals surface area contributed by atoms with Crippen LogP contribution in [0.2, 0.25) is 0 Å². The van der Waals surface area contributed by atoms with Gasteiger partial charge in [0.05, 0.1) is 24.4 Å². The Morgan fingerprint density at radius 1 is 1.16 bits per heavy atom. The summed E-state index contributed by atoms with van der Waals surface area (Å²) in [6.07, 6.45) is 1.64. The fourth-order valence-electron chi connectivity index (χ4n) is 2.13. The molecule has 0 amide bonds. The minimum Gasteiger partial charge on any atom is -0.465 e. The predicted molar refractivity (Wildman–Crippen MR) is 72.9 cm³/mol. The summed E-state index contributed by atoms with van der Waals surface area (Å²) in [4.78, 5) is 11.8. The van der Waals surface area contributed by atoms with E-state index in [2.05, 4.69) is 10.2 Å². The summed E-state index contributed by atoms with van der Waals surface area (Å²) >= 11 is 0. The molecular weight excluding hydrogens is 240 g/mol. The van der Waals surface area contributed by atoms with Crippen LogP contribution in [0.4, 0.5) is 0 Å². The number of H-pyrrole nitrogens is 1. The second-order valence-electron chi connectivity index (χ2n) is 4.21. The number of rotatable bonds is 2. The number of carbonyl (C=O) groups is 1. The average molecular weight is 252 g/mol. The van der Waals surface area contributed by atoms with Crippen LogP contribution in [0.25, 0.3) is 22.0 Å². The van der Waals surface area contributed by atoms with Gasteiger partial charge in [0.1, 0.15) is 0 Å². The van der Waals surface area contributed by atoms with Gasteiger partial charge in [-0.3, -0.25) is 5.10 Å². The van der Waals surface area contributed by atoms with Crippen LogP contribution in [0, 0.1) is 0 Å².